The first-order valence-electron chi connectivity index (χ1n) is 0. The minimum absolute atomic E-state index is 0. The fourth-order valence-corrected chi connectivity index (χ4v) is 0. The molecular weight excluding hydrogens is 123 g/mol. The molecule has 0 atom stereocenters. The zero-order chi connectivity index (χ0) is 0. The Hall–Kier alpha value is 1.31. The van der Waals surface area contributed by atoms with E-state index in [-0.39, 0.29) is 54.9 Å². The summed E-state index contributed by atoms with van der Waals surface area (Å²) in [4.78, 5) is 0. The van der Waals surface area contributed by atoms with E-state index in [1.807, 2.05) is 0 Å². The van der Waals surface area contributed by atoms with Gasteiger partial charge in [0.25, 0.3) is 0 Å². The normalized spacial score (nSPS) is 0. The largest absolute Gasteiger partial charge is 0.0814 e. The average molecular weight is 130 g/mol. The van der Waals surface area contributed by atoms with Gasteiger partial charge in [0.15, 0.2) is 0 Å². The second-order valence-electron chi connectivity index (χ2n) is 0. The quantitative estimate of drug-likeness (QED) is 0.385. The minimum atomic E-state index is 0. The molecule has 4 heavy (non-hydrogen) atoms. The fraction of sp³-hybridized carbons (Fsp3) is 1.00. The number of hydrogen-bond donors (Lipinski definition) is 0. The zero-order valence-corrected chi connectivity index (χ0v) is 3.74. The van der Waals surface area contributed by atoms with Gasteiger partial charge in [-0.05, 0) is 0 Å². The maximum atomic E-state index is 0. The summed E-state index contributed by atoms with van der Waals surface area (Å²) in [6.07, 6.45) is 0. The smallest absolute Gasteiger partial charge is 0.0776 e. The van der Waals surface area contributed by atoms with Crippen LogP contribution in [0.1, 0.15) is 7.43 Å². The third-order valence-electron chi connectivity index (χ3n) is 0. The summed E-state index contributed by atoms with van der Waals surface area (Å²) >= 11 is 0. The van der Waals surface area contributed by atoms with Crippen LogP contribution in [0.5, 0.6) is 0 Å². The van der Waals surface area contributed by atoms with Gasteiger partial charge >= 0.3 is 0 Å². The molecule has 0 aliphatic carbocycles. The van der Waals surface area contributed by atoms with Crippen LogP contribution in [0.3, 0.4) is 0 Å². The Morgan fingerprint density at radius 3 is 1.00 bits per heavy atom. The van der Waals surface area contributed by atoms with Gasteiger partial charge in [-0.25, -0.2) is 0 Å². The van der Waals surface area contributed by atoms with Crippen molar-refractivity contribution in [3.63, 3.8) is 0 Å². The van der Waals surface area contributed by atoms with Gasteiger partial charge in [-0.3, -0.25) is 0 Å². The predicted molar refractivity (Wildman–Crippen MR) is 16.7 cm³/mol. The average Bonchev–Trinajstić information content (AvgIpc) is 0. The van der Waals surface area contributed by atoms with Crippen LogP contribution in [0.4, 0.5) is 0 Å². The Morgan fingerprint density at radius 2 is 1.00 bits per heavy atom. The van der Waals surface area contributed by atoms with Crippen LogP contribution in [-0.2, 0) is 39.1 Å². The second kappa shape index (κ2) is 27.5. The number of rotatable bonds is 0. The second-order valence-corrected chi connectivity index (χ2v) is 0. The van der Waals surface area contributed by atoms with Crippen LogP contribution in [0, 0.1) is 0 Å². The molecule has 0 nitrogen and oxygen atoms in total. The van der Waals surface area contributed by atoms with Crippen molar-refractivity contribution < 1.29 is 39.1 Å². The van der Waals surface area contributed by atoms with Crippen molar-refractivity contribution in [1.82, 2.24) is 0 Å². The molecule has 0 amide bonds. The van der Waals surface area contributed by atoms with Gasteiger partial charge < -0.3 is 0 Å². The molecule has 0 radical (unpaired) electrons. The van der Waals surface area contributed by atoms with E-state index in [1.54, 1.807) is 0 Å². The topological polar surface area (TPSA) is 0 Å². The van der Waals surface area contributed by atoms with Crippen LogP contribution < -0.4 is 0 Å². The summed E-state index contributed by atoms with van der Waals surface area (Å²) < 4.78 is 0. The molecular formula is CH7BCrTi. The Morgan fingerprint density at radius 1 is 1.00 bits per heavy atom. The molecule has 0 aliphatic rings. The number of hydrogen-bond acceptors (Lipinski definition) is 0. The summed E-state index contributed by atoms with van der Waals surface area (Å²) in [5, 5.41) is 0. The summed E-state index contributed by atoms with van der Waals surface area (Å²) in [6.45, 7) is 0. The monoisotopic (exact) mass is 130 g/mol. The Kier molecular flexibility index (Phi) is 394. The molecule has 0 saturated carbocycles. The third-order valence-corrected chi connectivity index (χ3v) is 0. The van der Waals surface area contributed by atoms with E-state index in [2.05, 4.69) is 0 Å². The molecule has 0 bridgehead atoms. The van der Waals surface area contributed by atoms with Crippen LogP contribution in [0.15, 0.2) is 0 Å². The van der Waals surface area contributed by atoms with Crippen LogP contribution >= 0.6 is 0 Å². The molecule has 0 saturated heterocycles. The first-order valence-corrected chi connectivity index (χ1v) is 0. The summed E-state index contributed by atoms with van der Waals surface area (Å²) in [6, 6.07) is 0. The van der Waals surface area contributed by atoms with Crippen molar-refractivity contribution in [2.45, 2.75) is 7.43 Å². The van der Waals surface area contributed by atoms with Crippen molar-refractivity contribution >= 4 is 8.41 Å². The van der Waals surface area contributed by atoms with Gasteiger partial charge in [-0.15, -0.1) is 0 Å². The summed E-state index contributed by atoms with van der Waals surface area (Å²) in [5.41, 5.74) is 0. The molecule has 0 N–H and O–H groups in total. The van der Waals surface area contributed by atoms with E-state index in [4.69, 9.17) is 0 Å². The standard InChI is InChI=1S/CH4.BH3.Cr.Ti/h1H4;1H3;;. The van der Waals surface area contributed by atoms with Crippen LogP contribution in [0.25, 0.3) is 0 Å². The van der Waals surface area contributed by atoms with Gasteiger partial charge in [0.05, 0.1) is 8.41 Å². The molecule has 0 fully saturated rings. The van der Waals surface area contributed by atoms with Crippen LogP contribution in [0.2, 0.25) is 0 Å². The maximum absolute atomic E-state index is 0. The van der Waals surface area contributed by atoms with Gasteiger partial charge in [-0.2, -0.15) is 0 Å². The molecule has 0 heterocycles. The molecule has 24 valence electrons. The van der Waals surface area contributed by atoms with E-state index >= 15 is 0 Å². The minimum Gasteiger partial charge on any atom is -0.0776 e. The van der Waals surface area contributed by atoms with E-state index in [0.29, 0.717) is 0 Å². The Bertz CT molecular complexity index is 8.00. The van der Waals surface area contributed by atoms with Gasteiger partial charge in [0.2, 0.25) is 0 Å². The van der Waals surface area contributed by atoms with E-state index < -0.39 is 0 Å². The van der Waals surface area contributed by atoms with E-state index in [0.717, 1.165) is 0 Å². The van der Waals surface area contributed by atoms with Crippen molar-refractivity contribution in [2.24, 2.45) is 0 Å². The van der Waals surface area contributed by atoms with Gasteiger partial charge in [0.1, 0.15) is 0 Å². The maximum Gasteiger partial charge on any atom is 0.0814 e. The molecule has 3 heteroatoms. The fourth-order valence-electron chi connectivity index (χ4n) is 0. The van der Waals surface area contributed by atoms with Crippen molar-refractivity contribution in [2.75, 3.05) is 0 Å². The van der Waals surface area contributed by atoms with E-state index in [9.17, 15) is 0 Å². The molecule has 0 rings (SSSR count). The van der Waals surface area contributed by atoms with Crippen molar-refractivity contribution in [3.8, 4) is 0 Å². The molecule has 0 aromatic carbocycles. The Labute approximate surface area is 54.9 Å². The first kappa shape index (κ1) is 57.4. The van der Waals surface area contributed by atoms with Crippen molar-refractivity contribution in [1.29, 1.82) is 0 Å². The van der Waals surface area contributed by atoms with Gasteiger partial charge in [-0.1, -0.05) is 7.43 Å². The predicted octanol–water partition coefficient (Wildman–Crippen LogP) is -0.553. The zero-order valence-electron chi connectivity index (χ0n) is 0.908. The third kappa shape index (κ3) is 10.3. The summed E-state index contributed by atoms with van der Waals surface area (Å²) in [7, 11) is 0. The molecule has 0 aliphatic heterocycles. The summed E-state index contributed by atoms with van der Waals surface area (Å²) in [5.74, 6) is 0. The first-order chi connectivity index (χ1) is 0. The Balaban J connectivity index is 0. The molecule has 0 unspecified atom stereocenters. The molecule has 0 aromatic heterocycles. The van der Waals surface area contributed by atoms with Crippen LogP contribution in [-0.4, -0.2) is 8.41 Å². The van der Waals surface area contributed by atoms with E-state index in [1.165, 1.54) is 0 Å². The van der Waals surface area contributed by atoms with Crippen molar-refractivity contribution in [3.05, 3.63) is 0 Å². The SMILES string of the molecule is B.C.[Cr].[Ti]. The molecule has 0 aromatic rings. The molecule has 0 spiro atoms. The van der Waals surface area contributed by atoms with Gasteiger partial charge in [0, 0.05) is 39.1 Å².